The van der Waals surface area contributed by atoms with E-state index >= 15 is 0 Å². The average molecular weight is 480 g/mol. The summed E-state index contributed by atoms with van der Waals surface area (Å²) in [6, 6.07) is 17.1. The Labute approximate surface area is 205 Å². The monoisotopic (exact) mass is 479 g/mol. The van der Waals surface area contributed by atoms with Crippen LogP contribution in [0.5, 0.6) is 0 Å². The number of aromatic nitrogens is 1. The number of rotatable bonds is 7. The van der Waals surface area contributed by atoms with Crippen LogP contribution in [0.15, 0.2) is 54.6 Å². The van der Waals surface area contributed by atoms with Crippen LogP contribution in [0, 0.1) is 11.8 Å². The van der Waals surface area contributed by atoms with E-state index in [1.807, 2.05) is 54.6 Å². The first kappa shape index (κ1) is 24.0. The van der Waals surface area contributed by atoms with Crippen LogP contribution in [0.2, 0.25) is 5.02 Å². The second-order valence-electron chi connectivity index (χ2n) is 8.78. The summed E-state index contributed by atoms with van der Waals surface area (Å²) in [5.41, 5.74) is 3.08. The Morgan fingerprint density at radius 1 is 0.971 bits per heavy atom. The zero-order chi connectivity index (χ0) is 23.9. The van der Waals surface area contributed by atoms with Gasteiger partial charge >= 0.3 is 6.09 Å². The van der Waals surface area contributed by atoms with E-state index < -0.39 is 0 Å². The summed E-state index contributed by atoms with van der Waals surface area (Å²) in [5, 5.41) is 7.49. The number of hydrogen-bond donors (Lipinski definition) is 2. The Morgan fingerprint density at radius 2 is 1.62 bits per heavy atom. The first-order valence-corrected chi connectivity index (χ1v) is 12.3. The molecule has 7 heteroatoms. The van der Waals surface area contributed by atoms with Crippen molar-refractivity contribution < 1.29 is 14.3 Å². The highest BCUT2D eigenvalue weighted by Gasteiger charge is 2.23. The van der Waals surface area contributed by atoms with Crippen molar-refractivity contribution in [2.75, 3.05) is 19.7 Å². The minimum absolute atomic E-state index is 0.0834. The standard InChI is InChI=1S/C27H30ClN3O3/c1-2-34-27(33)30-17-19-9-7-18(8-10-19)16-29-26(32)23-15-25(20-11-13-21(28)14-12-20)31-24-6-4-3-5-22(23)24/h3-6,11-15,18-19H,2,7-10,16-17H2,1H3,(H,29,32)(H,30,33)/t18-,19-. The number of fused-ring (bicyclic) bond motifs is 1. The highest BCUT2D eigenvalue weighted by atomic mass is 35.5. The number of ether oxygens (including phenoxy) is 1. The Kier molecular flexibility index (Phi) is 8.01. The summed E-state index contributed by atoms with van der Waals surface area (Å²) in [6.45, 7) is 3.47. The molecule has 1 saturated carbocycles. The van der Waals surface area contributed by atoms with Gasteiger partial charge in [-0.05, 0) is 68.7 Å². The van der Waals surface area contributed by atoms with Gasteiger partial charge in [0.1, 0.15) is 0 Å². The zero-order valence-electron chi connectivity index (χ0n) is 19.4. The van der Waals surface area contributed by atoms with Crippen LogP contribution >= 0.6 is 11.6 Å². The van der Waals surface area contributed by atoms with Crippen molar-refractivity contribution in [3.8, 4) is 11.3 Å². The molecular formula is C27H30ClN3O3. The maximum absolute atomic E-state index is 13.2. The van der Waals surface area contributed by atoms with Gasteiger partial charge in [-0.15, -0.1) is 0 Å². The lowest BCUT2D eigenvalue weighted by atomic mass is 9.82. The van der Waals surface area contributed by atoms with E-state index in [4.69, 9.17) is 21.3 Å². The summed E-state index contributed by atoms with van der Waals surface area (Å²) < 4.78 is 4.93. The molecule has 1 heterocycles. The maximum Gasteiger partial charge on any atom is 0.407 e. The van der Waals surface area contributed by atoms with E-state index in [0.717, 1.165) is 47.8 Å². The predicted octanol–water partition coefficient (Wildman–Crippen LogP) is 5.84. The van der Waals surface area contributed by atoms with Crippen molar-refractivity contribution in [1.82, 2.24) is 15.6 Å². The number of alkyl carbamates (subject to hydrolysis) is 1. The summed E-state index contributed by atoms with van der Waals surface area (Å²) in [6.07, 6.45) is 3.78. The fourth-order valence-corrected chi connectivity index (χ4v) is 4.64. The number of hydrogen-bond acceptors (Lipinski definition) is 4. The van der Waals surface area contributed by atoms with Gasteiger partial charge in [-0.2, -0.15) is 0 Å². The molecule has 0 unspecified atom stereocenters. The van der Waals surface area contributed by atoms with Gasteiger partial charge in [0.15, 0.2) is 0 Å². The molecule has 2 N–H and O–H groups in total. The normalized spacial score (nSPS) is 17.8. The highest BCUT2D eigenvalue weighted by Crippen LogP contribution is 2.29. The third-order valence-corrected chi connectivity index (χ3v) is 6.68. The largest absolute Gasteiger partial charge is 0.450 e. The molecular weight excluding hydrogens is 450 g/mol. The van der Waals surface area contributed by atoms with Crippen molar-refractivity contribution in [1.29, 1.82) is 0 Å². The summed E-state index contributed by atoms with van der Waals surface area (Å²) in [7, 11) is 0. The molecule has 34 heavy (non-hydrogen) atoms. The van der Waals surface area contributed by atoms with Crippen LogP contribution in [0.25, 0.3) is 22.2 Å². The van der Waals surface area contributed by atoms with Gasteiger partial charge in [0.05, 0.1) is 23.4 Å². The van der Waals surface area contributed by atoms with Gasteiger partial charge in [0.2, 0.25) is 0 Å². The highest BCUT2D eigenvalue weighted by molar-refractivity contribution is 6.30. The lowest BCUT2D eigenvalue weighted by Crippen LogP contribution is -2.34. The number of benzene rings is 2. The Morgan fingerprint density at radius 3 is 2.29 bits per heavy atom. The molecule has 1 fully saturated rings. The van der Waals surface area contributed by atoms with Crippen molar-refractivity contribution in [3.63, 3.8) is 0 Å². The van der Waals surface area contributed by atoms with E-state index in [2.05, 4.69) is 10.6 Å². The lowest BCUT2D eigenvalue weighted by Gasteiger charge is -2.28. The molecule has 3 aromatic rings. The van der Waals surface area contributed by atoms with Gasteiger partial charge in [0, 0.05) is 29.1 Å². The summed E-state index contributed by atoms with van der Waals surface area (Å²) >= 11 is 6.04. The molecule has 1 aliphatic carbocycles. The first-order chi connectivity index (χ1) is 16.5. The van der Waals surface area contributed by atoms with Gasteiger partial charge in [-0.3, -0.25) is 4.79 Å². The third kappa shape index (κ3) is 6.06. The van der Waals surface area contributed by atoms with Crippen molar-refractivity contribution in [2.45, 2.75) is 32.6 Å². The molecule has 0 bridgehead atoms. The number of carbonyl (C=O) groups is 2. The average Bonchev–Trinajstić information content (AvgIpc) is 2.86. The van der Waals surface area contributed by atoms with Gasteiger partial charge in [-0.25, -0.2) is 9.78 Å². The predicted molar refractivity (Wildman–Crippen MR) is 135 cm³/mol. The van der Waals surface area contributed by atoms with E-state index in [0.29, 0.717) is 42.1 Å². The molecule has 2 aromatic carbocycles. The van der Waals surface area contributed by atoms with Crippen LogP contribution in [0.4, 0.5) is 4.79 Å². The maximum atomic E-state index is 13.2. The quantitative estimate of drug-likeness (QED) is 0.446. The van der Waals surface area contributed by atoms with Gasteiger partial charge < -0.3 is 15.4 Å². The van der Waals surface area contributed by atoms with Crippen LogP contribution in [-0.2, 0) is 4.74 Å². The molecule has 178 valence electrons. The van der Waals surface area contributed by atoms with E-state index in [1.165, 1.54) is 0 Å². The lowest BCUT2D eigenvalue weighted by molar-refractivity contribution is 0.0942. The number of nitrogens with one attached hydrogen (secondary N) is 2. The molecule has 0 atom stereocenters. The van der Waals surface area contributed by atoms with Gasteiger partial charge in [0.25, 0.3) is 5.91 Å². The van der Waals surface area contributed by atoms with Crippen LogP contribution in [0.3, 0.4) is 0 Å². The Balaban J connectivity index is 1.39. The topological polar surface area (TPSA) is 80.3 Å². The molecule has 4 rings (SSSR count). The molecule has 0 radical (unpaired) electrons. The number of carbonyl (C=O) groups excluding carboxylic acids is 2. The van der Waals surface area contributed by atoms with Crippen molar-refractivity contribution in [3.05, 3.63) is 65.2 Å². The Bertz CT molecular complexity index is 1140. The fourth-order valence-electron chi connectivity index (χ4n) is 4.51. The fraction of sp³-hybridized carbons (Fsp3) is 0.370. The molecule has 0 saturated heterocycles. The molecule has 0 aliphatic heterocycles. The first-order valence-electron chi connectivity index (χ1n) is 11.9. The van der Waals surface area contributed by atoms with Gasteiger partial charge in [-0.1, -0.05) is 41.9 Å². The SMILES string of the molecule is CCOC(=O)NC[C@H]1CC[C@H](CNC(=O)c2cc(-c3ccc(Cl)cc3)nc3ccccc23)CC1. The summed E-state index contributed by atoms with van der Waals surface area (Å²) in [4.78, 5) is 29.5. The number of para-hydroxylation sites is 1. The number of amides is 2. The Hall–Kier alpha value is -3.12. The molecule has 1 aliphatic rings. The van der Waals surface area contributed by atoms with Crippen molar-refractivity contribution in [2.24, 2.45) is 11.8 Å². The molecule has 0 spiro atoms. The number of pyridine rings is 1. The number of halogens is 1. The van der Waals surface area contributed by atoms with E-state index in [1.54, 1.807) is 6.92 Å². The third-order valence-electron chi connectivity index (χ3n) is 6.43. The minimum Gasteiger partial charge on any atom is -0.450 e. The second kappa shape index (κ2) is 11.3. The van der Waals surface area contributed by atoms with E-state index in [-0.39, 0.29) is 12.0 Å². The second-order valence-corrected chi connectivity index (χ2v) is 9.21. The van der Waals surface area contributed by atoms with Crippen molar-refractivity contribution >= 4 is 34.5 Å². The van der Waals surface area contributed by atoms with Crippen LogP contribution in [-0.4, -0.2) is 36.7 Å². The van der Waals surface area contributed by atoms with Crippen LogP contribution < -0.4 is 10.6 Å². The molecule has 1 aromatic heterocycles. The zero-order valence-corrected chi connectivity index (χ0v) is 20.1. The summed E-state index contributed by atoms with van der Waals surface area (Å²) in [5.74, 6) is 0.814. The smallest absolute Gasteiger partial charge is 0.407 e. The minimum atomic E-state index is -0.348. The molecule has 2 amide bonds. The molecule has 6 nitrogen and oxygen atoms in total. The van der Waals surface area contributed by atoms with Crippen LogP contribution in [0.1, 0.15) is 43.0 Å². The number of nitrogens with zero attached hydrogens (tertiary/aromatic N) is 1. The van der Waals surface area contributed by atoms with E-state index in [9.17, 15) is 9.59 Å².